The van der Waals surface area contributed by atoms with Crippen LogP contribution < -0.4 is 121 Å². The second kappa shape index (κ2) is 40.0. The first-order valence-corrected chi connectivity index (χ1v) is 29.2. The monoisotopic (exact) mass is 1170 g/mol. The van der Waals surface area contributed by atoms with E-state index in [1.54, 1.807) is 0 Å². The molecule has 49 heteroatoms. The second-order valence-corrected chi connectivity index (χ2v) is 24.7. The van der Waals surface area contributed by atoms with E-state index in [0.717, 1.165) is 19.6 Å². The van der Waals surface area contributed by atoms with Crippen LogP contribution in [0.25, 0.3) is 0 Å². The van der Waals surface area contributed by atoms with E-state index in [1.807, 2.05) is 0 Å². The largest absolute Gasteiger partial charge is 0.810 e. The van der Waals surface area contributed by atoms with E-state index in [0.29, 0.717) is 9.80 Å². The van der Waals surface area contributed by atoms with Gasteiger partial charge in [-0.25, -0.2) is 0 Å². The van der Waals surface area contributed by atoms with E-state index in [1.165, 1.54) is 0 Å². The molecule has 67 heavy (non-hydrogen) atoms. The molecule has 0 aromatic rings. The highest BCUT2D eigenvalue weighted by Gasteiger charge is 2.22. The van der Waals surface area contributed by atoms with Gasteiger partial charge in [0.2, 0.25) is 0 Å². The molecule has 0 aliphatic heterocycles. The van der Waals surface area contributed by atoms with Gasteiger partial charge in [0.15, 0.2) is 0 Å². The summed E-state index contributed by atoms with van der Waals surface area (Å²) in [5.74, 6) is 0. The normalized spacial score (nSPS) is 15.9. The Hall–Kier alpha value is 0.520. The van der Waals surface area contributed by atoms with E-state index >= 15 is 0 Å². The molecule has 0 aromatic heterocycles. The Labute approximate surface area is 387 Å². The third kappa shape index (κ3) is 64.5. The lowest BCUT2D eigenvalue weighted by Crippen LogP contribution is -2.46. The molecule has 0 bridgehead atoms. The molecule has 0 aliphatic carbocycles. The lowest BCUT2D eigenvalue weighted by atomic mass is 10.4. The van der Waals surface area contributed by atoms with Crippen molar-refractivity contribution >= 4 is 60.8 Å². The standard InChI is InChI=1S/C18H52N6O24P8.11H3N/c25-49(26,27)11-19(3-5-21(13-51(31,32)33)7-9-23(15-53(37,38)39)16-54(40,41)42)1-2-20(12-50(28,29)30)4-6-22(14-52(34,35)36)8-10-24(17-55(43,44)45)18-56(46,47)48;;;;;;;;;;;/h1-18H2,(H2,25,26,27)(H2,28,29,30)(H2,31,32,33)(H2,34,35,36)(H2,37,38,39)(H2,40,41,42)(H2,43,44,45)(H2,46,47,48);11*1H3. The van der Waals surface area contributed by atoms with E-state index in [4.69, 9.17) is 4.89 Å². The van der Waals surface area contributed by atoms with Crippen molar-refractivity contribution in [3.05, 3.63) is 0 Å². The first-order valence-electron chi connectivity index (χ1n) is 15.2. The van der Waals surface area contributed by atoms with Gasteiger partial charge in [-0.3, -0.25) is 29.4 Å². The van der Waals surface area contributed by atoms with Crippen LogP contribution in [0, 0.1) is 0 Å². The third-order valence-electron chi connectivity index (χ3n) is 6.68. The summed E-state index contributed by atoms with van der Waals surface area (Å²) in [5, 5.41) is 0. The molecule has 0 heterocycles. The number of nitrogens with zero attached hydrogens (tertiary/aromatic N) is 6. The van der Waals surface area contributed by atoms with Gasteiger partial charge in [-0.2, -0.15) is 0 Å². The van der Waals surface area contributed by atoms with Gasteiger partial charge >= 0.3 is 0 Å². The third-order valence-corrected chi connectivity index (χ3v) is 12.7. The van der Waals surface area contributed by atoms with Crippen LogP contribution in [0.4, 0.5) is 0 Å². The molecule has 0 aliphatic rings. The molecular weight excluding hydrogens is 1090 g/mol. The summed E-state index contributed by atoms with van der Waals surface area (Å²) in [4.78, 5) is 176. The van der Waals surface area contributed by atoms with E-state index < -0.39 is 177 Å². The highest BCUT2D eigenvalue weighted by molar-refractivity contribution is 7.51. The van der Waals surface area contributed by atoms with Crippen LogP contribution >= 0.6 is 60.8 Å². The zero-order valence-electron chi connectivity index (χ0n) is 40.0. The van der Waals surface area contributed by atoms with E-state index in [2.05, 4.69) is 0 Å². The van der Waals surface area contributed by atoms with E-state index in [-0.39, 0.29) is 67.7 Å². The van der Waals surface area contributed by atoms with E-state index in [9.17, 15) is 110 Å². The maximum atomic E-state index is 11.8. The Morgan fingerprint density at radius 2 is 0.328 bits per heavy atom. The van der Waals surface area contributed by atoms with Crippen molar-refractivity contribution in [1.29, 1.82) is 0 Å². The van der Waals surface area contributed by atoms with Gasteiger partial charge in [-0.05, 0) is 0 Å². The number of rotatable bonds is 31. The summed E-state index contributed by atoms with van der Waals surface area (Å²) in [7, 11) is -42.6. The summed E-state index contributed by atoms with van der Waals surface area (Å²) >= 11 is 0. The molecule has 5 unspecified atom stereocenters. The molecule has 41 nitrogen and oxygen atoms in total. The van der Waals surface area contributed by atoms with Crippen molar-refractivity contribution in [2.24, 2.45) is 0 Å². The highest BCUT2D eigenvalue weighted by Crippen LogP contribution is 2.36. The zero-order chi connectivity index (χ0) is 44.2. The molecule has 0 amide bonds. The topological polar surface area (TPSA) is 912 Å². The van der Waals surface area contributed by atoms with Gasteiger partial charge < -0.3 is 182 Å². The molecule has 0 radical (unpaired) electrons. The van der Waals surface area contributed by atoms with Crippen molar-refractivity contribution in [3.63, 3.8) is 0 Å². The van der Waals surface area contributed by atoms with Gasteiger partial charge in [0.25, 0.3) is 0 Å². The Morgan fingerprint density at radius 1 is 0.224 bits per heavy atom. The summed E-state index contributed by atoms with van der Waals surface area (Å²) in [5.41, 5.74) is 0. The predicted molar refractivity (Wildman–Crippen MR) is 236 cm³/mol. The van der Waals surface area contributed by atoms with Gasteiger partial charge in [-0.1, -0.05) is 22.8 Å². The minimum atomic E-state index is -5.48. The number of hydrogen-bond acceptors (Lipinski definition) is 25. The van der Waals surface area contributed by atoms with Gasteiger partial charge in [0, 0.05) is 84.3 Å². The number of hydrogen-bond donors (Lipinski definition) is 16. The van der Waals surface area contributed by atoms with Gasteiger partial charge in [0.1, 0.15) is 38.0 Å². The Balaban J connectivity index is -0.000000275. The lowest BCUT2D eigenvalue weighted by molar-refractivity contribution is -0.319. The van der Waals surface area contributed by atoms with Crippen molar-refractivity contribution in [1.82, 2.24) is 97.1 Å². The maximum Gasteiger partial charge on any atom is 0.146 e. The summed E-state index contributed by atoms with van der Waals surface area (Å²) in [6.07, 6.45) is -10.7. The van der Waals surface area contributed by atoms with Gasteiger partial charge in [-0.15, -0.1) is 0 Å². The molecule has 0 saturated heterocycles. The summed E-state index contributed by atoms with van der Waals surface area (Å²) < 4.78 is 91.8. The molecule has 0 saturated carbocycles. The van der Waals surface area contributed by atoms with Crippen molar-refractivity contribution in [2.75, 3.05) is 116 Å². The summed E-state index contributed by atoms with van der Waals surface area (Å²) in [6, 6.07) is 0. The average molecular weight is 1170 g/mol. The van der Waals surface area contributed by atoms with Crippen LogP contribution in [0.5, 0.6) is 0 Å². The smallest absolute Gasteiger partial charge is 0.146 e. The highest BCUT2D eigenvalue weighted by atomic mass is 31.2. The number of quaternary nitrogens is 11. The van der Waals surface area contributed by atoms with Crippen molar-refractivity contribution in [3.8, 4) is 0 Å². The minimum absolute atomic E-state index is 0. The SMILES string of the molecule is O=P([O-])([O-])CN(CCN(CCN(CCN(CCN(CCN(CP(=O)([O-])[O-])CP(=O)([O-])O)CP(=O)([O-])O)CP(=O)([O-])O)CP(=O)([O-])O)CP(=O)([O-])O)CP(=O)([O-])[O-].[NH4+].[NH4+].[NH4+].[NH4+].[NH4+].[NH4+].[NH4+].[NH4+].[NH4+].[NH4+].[NH4+]. The fourth-order valence-electron chi connectivity index (χ4n) is 4.80. The molecule has 5 atom stereocenters. The van der Waals surface area contributed by atoms with Crippen LogP contribution in [0.2, 0.25) is 0 Å². The predicted octanol–water partition coefficient (Wildman–Crippen LogP) is -6.93. The Morgan fingerprint density at radius 3 is 0.448 bits per heavy atom. The second-order valence-electron chi connectivity index (χ2n) is 12.4. The lowest BCUT2D eigenvalue weighted by Gasteiger charge is -2.42. The summed E-state index contributed by atoms with van der Waals surface area (Å²) in [6.45, 7) is -6.43. The molecule has 0 fully saturated rings. The molecule has 0 spiro atoms. The fourth-order valence-corrected chi connectivity index (χ4v) is 11.2. The van der Waals surface area contributed by atoms with Crippen LogP contribution in [0.3, 0.4) is 0 Å². The maximum absolute atomic E-state index is 11.8. The van der Waals surface area contributed by atoms with Crippen LogP contribution in [0.15, 0.2) is 0 Å². The van der Waals surface area contributed by atoms with Crippen LogP contribution in [-0.4, -0.2) is 170 Å². The zero-order valence-corrected chi connectivity index (χ0v) is 47.1. The first-order chi connectivity index (χ1) is 24.7. The molecule has 49 N–H and O–H groups in total. The first kappa shape index (κ1) is 96.9. The molecule has 426 valence electrons. The Bertz CT molecular complexity index is 1460. The quantitative estimate of drug-likeness (QED) is 0.0287. The molecular formula is C18H85N17O24P8. The molecule has 0 rings (SSSR count). The van der Waals surface area contributed by atoms with Crippen LogP contribution in [-0.2, 0) is 36.5 Å². The van der Waals surface area contributed by atoms with Crippen molar-refractivity contribution < 1.29 is 115 Å². The fraction of sp³-hybridized carbons (Fsp3) is 1.00. The minimum Gasteiger partial charge on any atom is -0.810 e. The molecule has 0 aromatic carbocycles. The van der Waals surface area contributed by atoms with Crippen LogP contribution in [0.1, 0.15) is 0 Å². The average Bonchev–Trinajstić information content (AvgIpc) is 2.87. The van der Waals surface area contributed by atoms with Crippen molar-refractivity contribution in [2.45, 2.75) is 0 Å². The Kier molecular flexibility index (Phi) is 57.8. The van der Waals surface area contributed by atoms with Gasteiger partial charge in [0.05, 0.1) is 31.4 Å².